The van der Waals surface area contributed by atoms with E-state index in [1.165, 1.54) is 11.8 Å². The van der Waals surface area contributed by atoms with Crippen molar-refractivity contribution in [2.75, 3.05) is 18.9 Å². The first kappa shape index (κ1) is 14.2. The summed E-state index contributed by atoms with van der Waals surface area (Å²) in [7, 11) is 0. The highest BCUT2D eigenvalue weighted by atomic mass is 32.2. The standard InChI is InChI=1S/C13H11N3O3S2/c17-13(19-6-5-14-18)9-7-20-11(16-9)12-15-8-3-1-2-4-10(8)21-12/h1-4,9H,5-7H2. The summed E-state index contributed by atoms with van der Waals surface area (Å²) in [4.78, 5) is 30.6. The van der Waals surface area contributed by atoms with Crippen molar-refractivity contribution in [3.63, 3.8) is 0 Å². The molecular formula is C13H11N3O3S2. The number of aliphatic imine (C=N–C) groups is 1. The molecule has 0 N–H and O–H groups in total. The van der Waals surface area contributed by atoms with Crippen molar-refractivity contribution in [2.45, 2.75) is 6.04 Å². The fourth-order valence-corrected chi connectivity index (χ4v) is 3.91. The third kappa shape index (κ3) is 3.11. The number of hydrogen-bond acceptors (Lipinski definition) is 8. The van der Waals surface area contributed by atoms with Gasteiger partial charge in [-0.1, -0.05) is 17.3 Å². The molecule has 3 rings (SSSR count). The molecule has 2 aromatic rings. The van der Waals surface area contributed by atoms with Gasteiger partial charge in [-0.15, -0.1) is 23.1 Å². The highest BCUT2D eigenvalue weighted by molar-refractivity contribution is 8.15. The van der Waals surface area contributed by atoms with Gasteiger partial charge in [0.05, 0.1) is 10.2 Å². The first-order valence-corrected chi connectivity index (χ1v) is 8.10. The van der Waals surface area contributed by atoms with E-state index in [2.05, 4.69) is 15.2 Å². The minimum Gasteiger partial charge on any atom is -0.462 e. The first-order chi connectivity index (χ1) is 10.3. The fraction of sp³-hybridized carbons (Fsp3) is 0.308. The second-order valence-electron chi connectivity index (χ2n) is 4.27. The summed E-state index contributed by atoms with van der Waals surface area (Å²) in [6.45, 7) is -0.0183. The summed E-state index contributed by atoms with van der Waals surface area (Å²) in [5.74, 6) is 0.126. The largest absolute Gasteiger partial charge is 0.462 e. The molecule has 1 aromatic carbocycles. The van der Waals surface area contributed by atoms with E-state index in [0.717, 1.165) is 20.3 Å². The van der Waals surface area contributed by atoms with Crippen LogP contribution in [0.1, 0.15) is 5.01 Å². The number of thioether (sulfide) groups is 1. The maximum Gasteiger partial charge on any atom is 0.331 e. The highest BCUT2D eigenvalue weighted by Gasteiger charge is 2.28. The molecule has 1 aliphatic heterocycles. The number of carbonyl (C=O) groups is 1. The van der Waals surface area contributed by atoms with E-state index in [4.69, 9.17) is 4.74 Å². The Bertz CT molecular complexity index is 681. The predicted molar refractivity (Wildman–Crippen MR) is 84.0 cm³/mol. The van der Waals surface area contributed by atoms with E-state index >= 15 is 0 Å². The van der Waals surface area contributed by atoms with Gasteiger partial charge in [0.2, 0.25) is 0 Å². The van der Waals surface area contributed by atoms with Crippen molar-refractivity contribution in [2.24, 2.45) is 10.2 Å². The van der Waals surface area contributed by atoms with Crippen LogP contribution in [-0.4, -0.2) is 40.9 Å². The minimum absolute atomic E-state index is 0.00942. The molecule has 0 fully saturated rings. The average Bonchev–Trinajstić information content (AvgIpc) is 3.13. The molecule has 0 saturated carbocycles. The van der Waals surface area contributed by atoms with E-state index in [1.54, 1.807) is 11.3 Å². The molecule has 0 aliphatic carbocycles. The van der Waals surface area contributed by atoms with Gasteiger partial charge >= 0.3 is 5.97 Å². The van der Waals surface area contributed by atoms with E-state index in [-0.39, 0.29) is 13.2 Å². The molecule has 0 saturated heterocycles. The molecule has 0 amide bonds. The number of aromatic nitrogens is 1. The number of nitrogens with zero attached hydrogens (tertiary/aromatic N) is 3. The van der Waals surface area contributed by atoms with Crippen LogP contribution in [0.2, 0.25) is 0 Å². The van der Waals surface area contributed by atoms with Gasteiger partial charge in [-0.05, 0) is 12.1 Å². The van der Waals surface area contributed by atoms with Crippen LogP contribution in [0.15, 0.2) is 34.4 Å². The van der Waals surface area contributed by atoms with Crippen molar-refractivity contribution < 1.29 is 9.53 Å². The monoisotopic (exact) mass is 321 g/mol. The zero-order chi connectivity index (χ0) is 14.7. The SMILES string of the molecule is O=NCCOC(=O)C1CSC(c2nc3ccccc3s2)=N1. The number of carbonyl (C=O) groups excluding carboxylic acids is 1. The summed E-state index contributed by atoms with van der Waals surface area (Å²) in [6, 6.07) is 7.35. The number of fused-ring (bicyclic) bond motifs is 1. The van der Waals surface area contributed by atoms with Gasteiger partial charge in [0.1, 0.15) is 23.2 Å². The zero-order valence-electron chi connectivity index (χ0n) is 10.9. The van der Waals surface area contributed by atoms with E-state index in [0.29, 0.717) is 5.75 Å². The number of para-hydroxylation sites is 1. The van der Waals surface area contributed by atoms with Gasteiger partial charge in [-0.25, -0.2) is 9.78 Å². The van der Waals surface area contributed by atoms with Crippen molar-refractivity contribution in [1.82, 2.24) is 4.98 Å². The van der Waals surface area contributed by atoms with Crippen LogP contribution in [-0.2, 0) is 9.53 Å². The molecule has 0 radical (unpaired) electrons. The second-order valence-corrected chi connectivity index (χ2v) is 6.31. The lowest BCUT2D eigenvalue weighted by molar-refractivity contribution is -0.144. The third-order valence-corrected chi connectivity index (χ3v) is 5.05. The first-order valence-electron chi connectivity index (χ1n) is 6.30. The van der Waals surface area contributed by atoms with Crippen LogP contribution in [0.25, 0.3) is 10.2 Å². The van der Waals surface area contributed by atoms with Crippen LogP contribution in [0, 0.1) is 4.91 Å². The topological polar surface area (TPSA) is 81.0 Å². The Morgan fingerprint density at radius 2 is 2.29 bits per heavy atom. The Kier molecular flexibility index (Phi) is 4.26. The van der Waals surface area contributed by atoms with Gasteiger partial charge in [0.15, 0.2) is 6.04 Å². The molecule has 2 heterocycles. The Morgan fingerprint density at radius 3 is 3.10 bits per heavy atom. The lowest BCUT2D eigenvalue weighted by Crippen LogP contribution is -2.22. The van der Waals surface area contributed by atoms with E-state index in [9.17, 15) is 9.70 Å². The van der Waals surface area contributed by atoms with Crippen LogP contribution >= 0.6 is 23.1 Å². The van der Waals surface area contributed by atoms with Gasteiger partial charge in [-0.2, -0.15) is 4.91 Å². The summed E-state index contributed by atoms with van der Waals surface area (Å²) in [5.41, 5.74) is 0.934. The Balaban J connectivity index is 1.73. The molecule has 1 aliphatic rings. The molecule has 108 valence electrons. The Labute approximate surface area is 128 Å². The molecule has 1 atom stereocenters. The van der Waals surface area contributed by atoms with E-state index < -0.39 is 12.0 Å². The van der Waals surface area contributed by atoms with Crippen molar-refractivity contribution in [3.8, 4) is 0 Å². The normalized spacial score (nSPS) is 17.7. The molecule has 0 bridgehead atoms. The quantitative estimate of drug-likeness (QED) is 0.480. The number of thiazole rings is 1. The predicted octanol–water partition coefficient (Wildman–Crippen LogP) is 2.47. The number of esters is 1. The zero-order valence-corrected chi connectivity index (χ0v) is 12.5. The molecule has 8 heteroatoms. The number of rotatable bonds is 5. The van der Waals surface area contributed by atoms with Crippen LogP contribution in [0.3, 0.4) is 0 Å². The Hall–Kier alpha value is -1.80. The maximum atomic E-state index is 11.8. The highest BCUT2D eigenvalue weighted by Crippen LogP contribution is 2.29. The van der Waals surface area contributed by atoms with Crippen LogP contribution < -0.4 is 0 Å². The van der Waals surface area contributed by atoms with Gasteiger partial charge in [0.25, 0.3) is 0 Å². The molecule has 6 nitrogen and oxygen atoms in total. The molecule has 1 aromatic heterocycles. The van der Waals surface area contributed by atoms with E-state index in [1.807, 2.05) is 24.3 Å². The van der Waals surface area contributed by atoms with Crippen molar-refractivity contribution in [1.29, 1.82) is 0 Å². The average molecular weight is 321 g/mol. The van der Waals surface area contributed by atoms with Crippen LogP contribution in [0.5, 0.6) is 0 Å². The molecular weight excluding hydrogens is 310 g/mol. The summed E-state index contributed by atoms with van der Waals surface area (Å²) < 4.78 is 6.04. The van der Waals surface area contributed by atoms with Gasteiger partial charge in [-0.3, -0.25) is 4.99 Å². The number of ether oxygens (including phenoxy) is 1. The fourth-order valence-electron chi connectivity index (χ4n) is 1.86. The van der Waals surface area contributed by atoms with Gasteiger partial charge in [0, 0.05) is 5.75 Å². The summed E-state index contributed by atoms with van der Waals surface area (Å²) >= 11 is 3.06. The number of nitroso groups, excluding NO2 is 1. The number of benzene rings is 1. The van der Waals surface area contributed by atoms with Crippen molar-refractivity contribution in [3.05, 3.63) is 34.2 Å². The molecule has 1 unspecified atom stereocenters. The smallest absolute Gasteiger partial charge is 0.331 e. The second kappa shape index (κ2) is 6.31. The van der Waals surface area contributed by atoms with Crippen LogP contribution in [0.4, 0.5) is 0 Å². The lowest BCUT2D eigenvalue weighted by atomic mass is 10.3. The molecule has 21 heavy (non-hydrogen) atoms. The number of hydrogen-bond donors (Lipinski definition) is 0. The minimum atomic E-state index is -0.524. The van der Waals surface area contributed by atoms with Crippen molar-refractivity contribution >= 4 is 44.3 Å². The maximum absolute atomic E-state index is 11.8. The Morgan fingerprint density at radius 1 is 1.43 bits per heavy atom. The van der Waals surface area contributed by atoms with Gasteiger partial charge < -0.3 is 4.74 Å². The summed E-state index contributed by atoms with van der Waals surface area (Å²) in [6.07, 6.45) is 0. The third-order valence-electron chi connectivity index (χ3n) is 2.83. The summed E-state index contributed by atoms with van der Waals surface area (Å²) in [5, 5.41) is 4.24. The lowest BCUT2D eigenvalue weighted by Gasteiger charge is -2.04. The molecule has 0 spiro atoms.